The van der Waals surface area contributed by atoms with Crippen molar-refractivity contribution in [2.24, 2.45) is 0 Å². The summed E-state index contributed by atoms with van der Waals surface area (Å²) in [7, 11) is -3.22. The molecule has 0 aromatic heterocycles. The Morgan fingerprint density at radius 3 is 1.58 bits per heavy atom. The van der Waals surface area contributed by atoms with Crippen LogP contribution in [-0.4, -0.2) is 0 Å². The molecule has 0 fully saturated rings. The minimum Gasteiger partial charge on any atom is -0.300 e. The van der Waals surface area contributed by atoms with Gasteiger partial charge in [0.2, 0.25) is 7.14 Å². The van der Waals surface area contributed by atoms with Crippen LogP contribution in [0.4, 0.5) is 13.2 Å². The molecule has 0 N–H and O–H groups in total. The molecule has 0 unspecified atom stereocenters. The first-order valence-corrected chi connectivity index (χ1v) is 9.52. The van der Waals surface area contributed by atoms with Gasteiger partial charge in [-0.25, -0.2) is 0 Å². The van der Waals surface area contributed by atoms with Crippen LogP contribution in [0.3, 0.4) is 0 Å². The number of rotatable bonds is 2. The SMILES string of the molecule is O=P(C#Cc1ccc(C(F)(F)F)cc1)(c1ccccc1)c1ccccc1. The molecule has 3 aromatic carbocycles. The largest absolute Gasteiger partial charge is 0.416 e. The molecule has 1 nitrogen and oxygen atoms in total. The third kappa shape index (κ3) is 3.90. The molecule has 3 rings (SSSR count). The van der Waals surface area contributed by atoms with Gasteiger partial charge in [0.25, 0.3) is 0 Å². The third-order valence-electron chi connectivity index (χ3n) is 3.81. The van der Waals surface area contributed by atoms with E-state index in [2.05, 4.69) is 11.6 Å². The smallest absolute Gasteiger partial charge is 0.300 e. The van der Waals surface area contributed by atoms with Gasteiger partial charge in [0, 0.05) is 16.2 Å². The van der Waals surface area contributed by atoms with Crippen LogP contribution in [0.15, 0.2) is 84.9 Å². The van der Waals surface area contributed by atoms with E-state index in [-0.39, 0.29) is 0 Å². The van der Waals surface area contributed by atoms with E-state index in [1.54, 1.807) is 48.5 Å². The van der Waals surface area contributed by atoms with E-state index < -0.39 is 18.9 Å². The lowest BCUT2D eigenvalue weighted by Gasteiger charge is -2.12. The second-order valence-electron chi connectivity index (χ2n) is 5.59. The first-order valence-electron chi connectivity index (χ1n) is 7.81. The van der Waals surface area contributed by atoms with Crippen LogP contribution in [0.25, 0.3) is 0 Å². The zero-order valence-electron chi connectivity index (χ0n) is 13.6. The van der Waals surface area contributed by atoms with Gasteiger partial charge in [-0.2, -0.15) is 13.2 Å². The highest BCUT2D eigenvalue weighted by atomic mass is 31.2. The summed E-state index contributed by atoms with van der Waals surface area (Å²) in [4.78, 5) is 0. The monoisotopic (exact) mass is 370 g/mol. The predicted molar refractivity (Wildman–Crippen MR) is 98.1 cm³/mol. The quantitative estimate of drug-likeness (QED) is 0.457. The predicted octanol–water partition coefficient (Wildman–Crippen LogP) is 5.03. The van der Waals surface area contributed by atoms with Gasteiger partial charge in [0.15, 0.2) is 0 Å². The molecule has 0 saturated carbocycles. The number of hydrogen-bond donors (Lipinski definition) is 0. The van der Waals surface area contributed by atoms with Crippen molar-refractivity contribution in [1.29, 1.82) is 0 Å². The Balaban J connectivity index is 2.04. The van der Waals surface area contributed by atoms with E-state index in [0.29, 0.717) is 16.2 Å². The summed E-state index contributed by atoms with van der Waals surface area (Å²) < 4.78 is 51.6. The summed E-state index contributed by atoms with van der Waals surface area (Å²) in [5.41, 5.74) is 2.47. The molecule has 0 bridgehead atoms. The van der Waals surface area contributed by atoms with Crippen molar-refractivity contribution in [2.75, 3.05) is 0 Å². The number of alkyl halides is 3. The number of halogens is 3. The normalized spacial score (nSPS) is 11.5. The highest BCUT2D eigenvalue weighted by Gasteiger charge is 2.30. The average molecular weight is 370 g/mol. The lowest BCUT2D eigenvalue weighted by molar-refractivity contribution is -0.137. The van der Waals surface area contributed by atoms with Crippen LogP contribution < -0.4 is 10.6 Å². The van der Waals surface area contributed by atoms with E-state index in [4.69, 9.17) is 0 Å². The number of hydrogen-bond acceptors (Lipinski definition) is 1. The molecular formula is C21H14F3OP. The molecule has 0 aliphatic rings. The minimum absolute atomic E-state index is 0.380. The standard InChI is InChI=1S/C21H14F3OP/c22-21(23,24)18-13-11-17(12-14-18)15-16-26(25,19-7-3-1-4-8-19)20-9-5-2-6-10-20/h1-14H. The molecule has 0 radical (unpaired) electrons. The van der Waals surface area contributed by atoms with E-state index in [1.165, 1.54) is 12.1 Å². The molecule has 0 heterocycles. The summed E-state index contributed by atoms with van der Waals surface area (Å²) in [6.45, 7) is 0. The summed E-state index contributed by atoms with van der Waals surface area (Å²) >= 11 is 0. The summed E-state index contributed by atoms with van der Waals surface area (Å²) in [5.74, 6) is 2.78. The Hall–Kier alpha value is -2.76. The Morgan fingerprint density at radius 2 is 1.15 bits per heavy atom. The van der Waals surface area contributed by atoms with Gasteiger partial charge in [-0.1, -0.05) is 66.6 Å². The summed E-state index contributed by atoms with van der Waals surface area (Å²) in [6, 6.07) is 22.3. The van der Waals surface area contributed by atoms with Crippen LogP contribution >= 0.6 is 7.14 Å². The first-order chi connectivity index (χ1) is 12.4. The van der Waals surface area contributed by atoms with Crippen LogP contribution in [0.1, 0.15) is 11.1 Å². The molecule has 0 saturated heterocycles. The van der Waals surface area contributed by atoms with E-state index >= 15 is 0 Å². The lowest BCUT2D eigenvalue weighted by atomic mass is 10.1. The van der Waals surface area contributed by atoms with Crippen LogP contribution in [0.2, 0.25) is 0 Å². The second-order valence-corrected chi connectivity index (χ2v) is 8.07. The summed E-state index contributed by atoms with van der Waals surface area (Å²) in [6.07, 6.45) is -4.39. The topological polar surface area (TPSA) is 17.1 Å². The molecular weight excluding hydrogens is 356 g/mol. The van der Waals surface area contributed by atoms with Gasteiger partial charge in [0.1, 0.15) is 0 Å². The van der Waals surface area contributed by atoms with Crippen LogP contribution in [0.5, 0.6) is 0 Å². The van der Waals surface area contributed by atoms with Gasteiger partial charge in [-0.3, -0.25) is 4.57 Å². The van der Waals surface area contributed by atoms with Crippen molar-refractivity contribution < 1.29 is 17.7 Å². The van der Waals surface area contributed by atoms with Gasteiger partial charge >= 0.3 is 6.18 Å². The van der Waals surface area contributed by atoms with Gasteiger partial charge in [-0.15, -0.1) is 0 Å². The van der Waals surface area contributed by atoms with E-state index in [1.807, 2.05) is 12.1 Å². The molecule has 3 aromatic rings. The maximum atomic E-state index is 13.7. The highest BCUT2D eigenvalue weighted by molar-refractivity contribution is 7.83. The molecule has 130 valence electrons. The van der Waals surface area contributed by atoms with Gasteiger partial charge < -0.3 is 0 Å². The first kappa shape index (κ1) is 18.0. The Labute approximate surface area is 149 Å². The Morgan fingerprint density at radius 1 is 0.692 bits per heavy atom. The van der Waals surface area contributed by atoms with Crippen molar-refractivity contribution in [3.8, 4) is 11.6 Å². The van der Waals surface area contributed by atoms with E-state index in [0.717, 1.165) is 12.1 Å². The minimum atomic E-state index is -4.39. The molecule has 0 aliphatic carbocycles. The van der Waals surface area contributed by atoms with E-state index in [9.17, 15) is 17.7 Å². The van der Waals surface area contributed by atoms with Crippen molar-refractivity contribution in [3.05, 3.63) is 96.1 Å². The maximum Gasteiger partial charge on any atom is 0.416 e. The van der Waals surface area contributed by atoms with Crippen molar-refractivity contribution in [3.63, 3.8) is 0 Å². The zero-order valence-corrected chi connectivity index (χ0v) is 14.5. The molecule has 26 heavy (non-hydrogen) atoms. The Bertz CT molecular complexity index is 939. The third-order valence-corrected chi connectivity index (χ3v) is 6.29. The number of benzene rings is 3. The maximum absolute atomic E-state index is 13.7. The van der Waals surface area contributed by atoms with Gasteiger partial charge in [0.05, 0.1) is 5.56 Å². The lowest BCUT2D eigenvalue weighted by Crippen LogP contribution is -2.14. The van der Waals surface area contributed by atoms with Crippen LogP contribution in [-0.2, 0) is 10.7 Å². The summed E-state index contributed by atoms with van der Waals surface area (Å²) in [5, 5.41) is 1.18. The van der Waals surface area contributed by atoms with Crippen molar-refractivity contribution >= 4 is 17.8 Å². The van der Waals surface area contributed by atoms with Gasteiger partial charge in [-0.05, 0) is 29.9 Å². The molecule has 0 aliphatic heterocycles. The zero-order chi connectivity index (χ0) is 18.6. The highest BCUT2D eigenvalue weighted by Crippen LogP contribution is 2.42. The molecule has 0 spiro atoms. The molecule has 0 amide bonds. The fraction of sp³-hybridized carbons (Fsp3) is 0.0476. The fourth-order valence-electron chi connectivity index (χ4n) is 2.44. The molecule has 5 heteroatoms. The van der Waals surface area contributed by atoms with Crippen LogP contribution in [0, 0.1) is 11.6 Å². The van der Waals surface area contributed by atoms with Crippen molar-refractivity contribution in [2.45, 2.75) is 6.18 Å². The second kappa shape index (κ2) is 7.23. The molecule has 0 atom stereocenters. The van der Waals surface area contributed by atoms with Crippen molar-refractivity contribution in [1.82, 2.24) is 0 Å². The Kier molecular flexibility index (Phi) is 5.02. The average Bonchev–Trinajstić information content (AvgIpc) is 2.67. The fourth-order valence-corrected chi connectivity index (χ4v) is 4.47.